The predicted molar refractivity (Wildman–Crippen MR) is 94.4 cm³/mol. The van der Waals surface area contributed by atoms with Crippen LogP contribution in [0, 0.1) is 0 Å². The van der Waals surface area contributed by atoms with E-state index in [0.29, 0.717) is 6.61 Å². The van der Waals surface area contributed by atoms with E-state index in [9.17, 15) is 4.79 Å². The van der Waals surface area contributed by atoms with Crippen LogP contribution in [-0.2, 0) is 9.53 Å². The van der Waals surface area contributed by atoms with Gasteiger partial charge in [0.15, 0.2) is 0 Å². The van der Waals surface area contributed by atoms with Gasteiger partial charge in [-0.3, -0.25) is 4.79 Å². The fourth-order valence-corrected chi connectivity index (χ4v) is 2.62. The molecule has 0 amide bonds. The Morgan fingerprint density at radius 2 is 1.26 bits per heavy atom. The van der Waals surface area contributed by atoms with E-state index in [-0.39, 0.29) is 6.42 Å². The molecule has 0 bridgehead atoms. The van der Waals surface area contributed by atoms with Crippen molar-refractivity contribution >= 4 is 5.97 Å². The van der Waals surface area contributed by atoms with Gasteiger partial charge in [-0.2, -0.15) is 0 Å². The zero-order valence-corrected chi connectivity index (χ0v) is 15.1. The number of aliphatic hydroxyl groups excluding tert-OH is 2. The maximum Gasteiger partial charge on any atom is 0.308 e. The Hall–Kier alpha value is -0.610. The third kappa shape index (κ3) is 17.6. The number of hydrogen-bond acceptors (Lipinski definition) is 4. The van der Waals surface area contributed by atoms with Crippen LogP contribution in [0.5, 0.6) is 0 Å². The predicted octanol–water partition coefficient (Wildman–Crippen LogP) is 4.36. The molecule has 138 valence electrons. The first-order chi connectivity index (χ1) is 11.2. The standard InChI is InChI=1S/C19H38O4/c1-2-3-4-5-6-7-8-9-10-11-12-13-14-15-23-19(22)16-18(21)17-20/h18,20-21H,2-17H2,1H3. The Kier molecular flexibility index (Phi) is 17.3. The summed E-state index contributed by atoms with van der Waals surface area (Å²) in [6.45, 7) is 2.29. The van der Waals surface area contributed by atoms with Gasteiger partial charge in [-0.1, -0.05) is 84.0 Å². The van der Waals surface area contributed by atoms with Crippen molar-refractivity contribution in [3.63, 3.8) is 0 Å². The van der Waals surface area contributed by atoms with Gasteiger partial charge in [0.1, 0.15) is 0 Å². The number of carbonyl (C=O) groups excluding carboxylic acids is 1. The monoisotopic (exact) mass is 330 g/mol. The van der Waals surface area contributed by atoms with Gasteiger partial charge in [0.2, 0.25) is 0 Å². The average molecular weight is 331 g/mol. The number of aliphatic hydroxyl groups is 2. The maximum atomic E-state index is 11.2. The fourth-order valence-electron chi connectivity index (χ4n) is 2.62. The van der Waals surface area contributed by atoms with Gasteiger partial charge >= 0.3 is 5.97 Å². The Bertz CT molecular complexity index is 256. The molecule has 0 saturated heterocycles. The molecule has 0 rings (SSSR count). The summed E-state index contributed by atoms with van der Waals surface area (Å²) in [7, 11) is 0. The van der Waals surface area contributed by atoms with Crippen LogP contribution in [0.15, 0.2) is 0 Å². The third-order valence-electron chi connectivity index (χ3n) is 4.12. The lowest BCUT2D eigenvalue weighted by atomic mass is 10.0. The van der Waals surface area contributed by atoms with E-state index in [1.807, 2.05) is 0 Å². The summed E-state index contributed by atoms with van der Waals surface area (Å²) in [5.41, 5.74) is 0. The van der Waals surface area contributed by atoms with Gasteiger partial charge in [-0.05, 0) is 6.42 Å². The second-order valence-electron chi connectivity index (χ2n) is 6.50. The van der Waals surface area contributed by atoms with E-state index in [1.54, 1.807) is 0 Å². The summed E-state index contributed by atoms with van der Waals surface area (Å²) in [6.07, 6.45) is 15.7. The van der Waals surface area contributed by atoms with Gasteiger partial charge in [0.25, 0.3) is 0 Å². The number of unbranched alkanes of at least 4 members (excludes halogenated alkanes) is 12. The maximum absolute atomic E-state index is 11.2. The summed E-state index contributed by atoms with van der Waals surface area (Å²) >= 11 is 0. The lowest BCUT2D eigenvalue weighted by Gasteiger charge is -2.07. The zero-order valence-electron chi connectivity index (χ0n) is 15.1. The zero-order chi connectivity index (χ0) is 17.2. The minimum Gasteiger partial charge on any atom is -0.466 e. The molecular weight excluding hydrogens is 292 g/mol. The summed E-state index contributed by atoms with van der Waals surface area (Å²) in [5.74, 6) is -0.425. The van der Waals surface area contributed by atoms with Gasteiger partial charge in [-0.25, -0.2) is 0 Å². The van der Waals surface area contributed by atoms with Gasteiger partial charge < -0.3 is 14.9 Å². The normalized spacial score (nSPS) is 12.3. The summed E-state index contributed by atoms with van der Waals surface area (Å²) < 4.78 is 5.00. The van der Waals surface area contributed by atoms with Gasteiger partial charge in [0.05, 0.1) is 25.7 Å². The molecular formula is C19H38O4. The summed E-state index contributed by atoms with van der Waals surface area (Å²) in [6, 6.07) is 0. The summed E-state index contributed by atoms with van der Waals surface area (Å²) in [5, 5.41) is 17.7. The number of rotatable bonds is 17. The topological polar surface area (TPSA) is 66.8 Å². The first-order valence-electron chi connectivity index (χ1n) is 9.65. The van der Waals surface area contributed by atoms with E-state index in [4.69, 9.17) is 14.9 Å². The van der Waals surface area contributed by atoms with Crippen molar-refractivity contribution in [3.05, 3.63) is 0 Å². The molecule has 4 nitrogen and oxygen atoms in total. The second kappa shape index (κ2) is 17.7. The Morgan fingerprint density at radius 3 is 1.70 bits per heavy atom. The van der Waals surface area contributed by atoms with Crippen molar-refractivity contribution in [2.24, 2.45) is 0 Å². The molecule has 0 saturated carbocycles. The molecule has 23 heavy (non-hydrogen) atoms. The van der Waals surface area contributed by atoms with Gasteiger partial charge in [-0.15, -0.1) is 0 Å². The average Bonchev–Trinajstić information content (AvgIpc) is 2.55. The van der Waals surface area contributed by atoms with Crippen molar-refractivity contribution < 1.29 is 19.7 Å². The molecule has 4 heteroatoms. The van der Waals surface area contributed by atoms with E-state index < -0.39 is 18.7 Å². The molecule has 0 aromatic carbocycles. The second-order valence-corrected chi connectivity index (χ2v) is 6.50. The molecule has 0 spiro atoms. The van der Waals surface area contributed by atoms with Crippen LogP contribution in [0.1, 0.15) is 96.8 Å². The highest BCUT2D eigenvalue weighted by atomic mass is 16.5. The van der Waals surface area contributed by atoms with Crippen LogP contribution in [0.3, 0.4) is 0 Å². The highest BCUT2D eigenvalue weighted by Crippen LogP contribution is 2.12. The molecule has 0 aromatic heterocycles. The van der Waals surface area contributed by atoms with Crippen molar-refractivity contribution in [3.8, 4) is 0 Å². The lowest BCUT2D eigenvalue weighted by molar-refractivity contribution is -0.146. The Morgan fingerprint density at radius 1 is 0.826 bits per heavy atom. The smallest absolute Gasteiger partial charge is 0.308 e. The molecule has 1 atom stereocenters. The van der Waals surface area contributed by atoms with Crippen molar-refractivity contribution in [2.45, 2.75) is 103 Å². The SMILES string of the molecule is CCCCCCCCCCCCCCCOC(=O)CC(O)CO. The van der Waals surface area contributed by atoms with E-state index in [1.165, 1.54) is 70.6 Å². The Labute approximate surface area is 142 Å². The fraction of sp³-hybridized carbons (Fsp3) is 0.947. The van der Waals surface area contributed by atoms with E-state index in [2.05, 4.69) is 6.92 Å². The molecule has 0 aliphatic rings. The van der Waals surface area contributed by atoms with Crippen LogP contribution in [0.25, 0.3) is 0 Å². The van der Waals surface area contributed by atoms with Crippen LogP contribution < -0.4 is 0 Å². The van der Waals surface area contributed by atoms with Crippen LogP contribution in [0.2, 0.25) is 0 Å². The molecule has 1 unspecified atom stereocenters. The lowest BCUT2D eigenvalue weighted by Crippen LogP contribution is -2.19. The van der Waals surface area contributed by atoms with E-state index >= 15 is 0 Å². The molecule has 0 aliphatic carbocycles. The van der Waals surface area contributed by atoms with Crippen molar-refractivity contribution in [2.75, 3.05) is 13.2 Å². The summed E-state index contributed by atoms with van der Waals surface area (Å²) in [4.78, 5) is 11.2. The first-order valence-corrected chi connectivity index (χ1v) is 9.65. The highest BCUT2D eigenvalue weighted by molar-refractivity contribution is 5.69. The largest absolute Gasteiger partial charge is 0.466 e. The minimum atomic E-state index is -0.992. The van der Waals surface area contributed by atoms with Crippen molar-refractivity contribution in [1.29, 1.82) is 0 Å². The molecule has 0 aliphatic heterocycles. The number of ether oxygens (including phenoxy) is 1. The van der Waals surface area contributed by atoms with Gasteiger partial charge in [0, 0.05) is 0 Å². The van der Waals surface area contributed by atoms with Crippen molar-refractivity contribution in [1.82, 2.24) is 0 Å². The Balaban J connectivity index is 3.12. The van der Waals surface area contributed by atoms with Crippen LogP contribution in [-0.4, -0.2) is 35.5 Å². The molecule has 0 aromatic rings. The highest BCUT2D eigenvalue weighted by Gasteiger charge is 2.10. The minimum absolute atomic E-state index is 0.116. The quantitative estimate of drug-likeness (QED) is 0.307. The van der Waals surface area contributed by atoms with E-state index in [0.717, 1.165) is 12.8 Å². The number of carbonyl (C=O) groups is 1. The molecule has 2 N–H and O–H groups in total. The number of hydrogen-bond donors (Lipinski definition) is 2. The molecule has 0 radical (unpaired) electrons. The van der Waals surface area contributed by atoms with Crippen LogP contribution >= 0.6 is 0 Å². The first kappa shape index (κ1) is 22.4. The third-order valence-corrected chi connectivity index (χ3v) is 4.12. The van der Waals surface area contributed by atoms with Crippen LogP contribution in [0.4, 0.5) is 0 Å². The number of esters is 1. The molecule has 0 fully saturated rings. The molecule has 0 heterocycles.